The molecule has 0 saturated heterocycles. The highest BCUT2D eigenvalue weighted by Gasteiger charge is 2.18. The van der Waals surface area contributed by atoms with Gasteiger partial charge in [-0.1, -0.05) is 11.8 Å². The van der Waals surface area contributed by atoms with Crippen molar-refractivity contribution in [3.63, 3.8) is 0 Å². The smallest absolute Gasteiger partial charge is 0.338 e. The summed E-state index contributed by atoms with van der Waals surface area (Å²) in [4.78, 5) is 21.8. The van der Waals surface area contributed by atoms with Gasteiger partial charge in [0.1, 0.15) is 10.4 Å². The van der Waals surface area contributed by atoms with E-state index in [-0.39, 0.29) is 15.6 Å². The monoisotopic (exact) mass is 203 g/mol. The number of carboxylic acid groups (broad SMARTS) is 1. The van der Waals surface area contributed by atoms with Crippen LogP contribution < -0.4 is 0 Å². The van der Waals surface area contributed by atoms with Gasteiger partial charge in [-0.3, -0.25) is 4.79 Å². The highest BCUT2D eigenvalue weighted by Crippen LogP contribution is 2.18. The van der Waals surface area contributed by atoms with Crippen LogP contribution in [0.4, 0.5) is 0 Å². The fourth-order valence-corrected chi connectivity index (χ4v) is 1.87. The summed E-state index contributed by atoms with van der Waals surface area (Å²) in [5.74, 6) is -1.11. The lowest BCUT2D eigenvalue weighted by Crippen LogP contribution is -2.01. The first-order valence-corrected chi connectivity index (χ1v) is 4.93. The van der Waals surface area contributed by atoms with Gasteiger partial charge in [0.25, 0.3) is 0 Å². The van der Waals surface area contributed by atoms with Gasteiger partial charge in [-0.05, 0) is 17.8 Å². The van der Waals surface area contributed by atoms with Crippen LogP contribution in [0.1, 0.15) is 20.0 Å². The minimum atomic E-state index is -1.11. The highest BCUT2D eigenvalue weighted by atomic mass is 32.2. The Bertz CT molecular complexity index is 320. The Hall–Kier alpha value is -0.880. The Kier molecular flexibility index (Phi) is 2.83. The summed E-state index contributed by atoms with van der Waals surface area (Å²) in [6.07, 6.45) is 2.80. The van der Waals surface area contributed by atoms with E-state index in [4.69, 9.17) is 5.11 Å². The zero-order valence-corrected chi connectivity index (χ0v) is 7.74. The number of hydrogen-bond acceptors (Lipinski definition) is 5. The van der Waals surface area contributed by atoms with Crippen molar-refractivity contribution in [2.75, 3.05) is 6.26 Å². The lowest BCUT2D eigenvalue weighted by atomic mass is 10.3. The predicted molar refractivity (Wildman–Crippen MR) is 46.9 cm³/mol. The van der Waals surface area contributed by atoms with E-state index in [0.717, 1.165) is 23.3 Å². The maximum Gasteiger partial charge on any atom is 0.338 e. The van der Waals surface area contributed by atoms with Crippen molar-refractivity contribution in [3.05, 3.63) is 16.6 Å². The van der Waals surface area contributed by atoms with Crippen molar-refractivity contribution < 1.29 is 14.7 Å². The molecule has 0 atom stereocenters. The number of thioether (sulfide) groups is 1. The third-order valence-electron chi connectivity index (χ3n) is 1.17. The summed E-state index contributed by atoms with van der Waals surface area (Å²) < 4.78 is 3.64. The maximum atomic E-state index is 11.1. The fourth-order valence-electron chi connectivity index (χ4n) is 0.632. The molecule has 0 aliphatic carbocycles. The molecule has 0 bridgehead atoms. The molecule has 1 aromatic rings. The first-order valence-electron chi connectivity index (χ1n) is 2.93. The summed E-state index contributed by atoms with van der Waals surface area (Å²) in [6, 6.07) is 0. The second kappa shape index (κ2) is 3.68. The minimum Gasteiger partial charge on any atom is -0.478 e. The molecule has 64 valence electrons. The molecule has 0 aliphatic rings. The normalized spacial score (nSPS) is 9.75. The standard InChI is InChI=1S/C6H5NO3S2/c1-11-6(10)4-3(5(8)9)2-7-12-4/h2H,1H3,(H,8,9). The predicted octanol–water partition coefficient (Wildman–Crippen LogP) is 1.34. The van der Waals surface area contributed by atoms with E-state index in [1.54, 1.807) is 6.26 Å². The molecule has 12 heavy (non-hydrogen) atoms. The molecule has 4 nitrogen and oxygen atoms in total. The quantitative estimate of drug-likeness (QED) is 0.785. The lowest BCUT2D eigenvalue weighted by molar-refractivity contribution is 0.0694. The highest BCUT2D eigenvalue weighted by molar-refractivity contribution is 8.13. The van der Waals surface area contributed by atoms with E-state index in [2.05, 4.69) is 4.37 Å². The number of aromatic nitrogens is 1. The first-order chi connectivity index (χ1) is 5.66. The van der Waals surface area contributed by atoms with Crippen LogP contribution in [0.5, 0.6) is 0 Å². The SMILES string of the molecule is CSC(=O)c1sncc1C(=O)O. The summed E-state index contributed by atoms with van der Waals surface area (Å²) in [5.41, 5.74) is -0.0145. The van der Waals surface area contributed by atoms with Crippen LogP contribution in [0.25, 0.3) is 0 Å². The van der Waals surface area contributed by atoms with Gasteiger partial charge in [-0.2, -0.15) is 4.37 Å². The number of nitrogens with zero attached hydrogens (tertiary/aromatic N) is 1. The number of carboxylic acids is 1. The minimum absolute atomic E-state index is 0.0145. The van der Waals surface area contributed by atoms with E-state index in [9.17, 15) is 9.59 Å². The molecule has 1 heterocycles. The average molecular weight is 203 g/mol. The Balaban J connectivity index is 3.07. The van der Waals surface area contributed by atoms with Gasteiger partial charge in [-0.25, -0.2) is 4.79 Å². The molecule has 6 heteroatoms. The molecular formula is C6H5NO3S2. The second-order valence-corrected chi connectivity index (χ2v) is 3.45. The van der Waals surface area contributed by atoms with Crippen molar-refractivity contribution in [3.8, 4) is 0 Å². The zero-order valence-electron chi connectivity index (χ0n) is 6.10. The van der Waals surface area contributed by atoms with Crippen LogP contribution in [0.2, 0.25) is 0 Å². The van der Waals surface area contributed by atoms with Gasteiger partial charge in [0, 0.05) is 0 Å². The number of aromatic carboxylic acids is 1. The van der Waals surface area contributed by atoms with E-state index in [1.807, 2.05) is 0 Å². The van der Waals surface area contributed by atoms with E-state index in [1.165, 1.54) is 6.20 Å². The largest absolute Gasteiger partial charge is 0.478 e. The second-order valence-electron chi connectivity index (χ2n) is 1.87. The molecular weight excluding hydrogens is 198 g/mol. The lowest BCUT2D eigenvalue weighted by Gasteiger charge is -1.92. The van der Waals surface area contributed by atoms with Crippen molar-refractivity contribution in [2.45, 2.75) is 0 Å². The molecule has 1 N–H and O–H groups in total. The van der Waals surface area contributed by atoms with Crippen LogP contribution in [-0.2, 0) is 0 Å². The molecule has 0 unspecified atom stereocenters. The number of carbonyl (C=O) groups is 2. The number of rotatable bonds is 2. The summed E-state index contributed by atoms with van der Waals surface area (Å²) in [5, 5.41) is 8.35. The van der Waals surface area contributed by atoms with Gasteiger partial charge in [0.15, 0.2) is 0 Å². The Labute approximate surface area is 76.8 Å². The van der Waals surface area contributed by atoms with Crippen LogP contribution >= 0.6 is 23.3 Å². The van der Waals surface area contributed by atoms with Crippen LogP contribution in [0, 0.1) is 0 Å². The molecule has 0 radical (unpaired) electrons. The van der Waals surface area contributed by atoms with E-state index < -0.39 is 5.97 Å². The van der Waals surface area contributed by atoms with Crippen LogP contribution in [-0.4, -0.2) is 26.8 Å². The Morgan fingerprint density at radius 3 is 2.83 bits per heavy atom. The number of hydrogen-bond donors (Lipinski definition) is 1. The van der Waals surface area contributed by atoms with Gasteiger partial charge < -0.3 is 5.11 Å². The summed E-state index contributed by atoms with van der Waals surface area (Å²) in [7, 11) is 0. The van der Waals surface area contributed by atoms with Gasteiger partial charge in [0.2, 0.25) is 5.12 Å². The summed E-state index contributed by atoms with van der Waals surface area (Å²) >= 11 is 1.89. The van der Waals surface area contributed by atoms with E-state index >= 15 is 0 Å². The first kappa shape index (κ1) is 9.21. The molecule has 0 fully saturated rings. The van der Waals surface area contributed by atoms with Crippen LogP contribution in [0.3, 0.4) is 0 Å². The van der Waals surface area contributed by atoms with Gasteiger partial charge >= 0.3 is 5.97 Å². The summed E-state index contributed by atoms with van der Waals surface area (Å²) in [6.45, 7) is 0. The van der Waals surface area contributed by atoms with Crippen molar-refractivity contribution in [1.82, 2.24) is 4.37 Å². The van der Waals surface area contributed by atoms with Gasteiger partial charge in [-0.15, -0.1) is 0 Å². The molecule has 0 aliphatic heterocycles. The molecule has 0 spiro atoms. The third kappa shape index (κ3) is 1.64. The Morgan fingerprint density at radius 2 is 2.33 bits per heavy atom. The molecule has 0 aromatic carbocycles. The average Bonchev–Trinajstić information content (AvgIpc) is 2.50. The number of carbonyl (C=O) groups excluding carboxylic acids is 1. The fraction of sp³-hybridized carbons (Fsp3) is 0.167. The van der Waals surface area contributed by atoms with Crippen molar-refractivity contribution in [2.24, 2.45) is 0 Å². The molecule has 0 saturated carbocycles. The Morgan fingerprint density at radius 1 is 1.67 bits per heavy atom. The molecule has 1 rings (SSSR count). The topological polar surface area (TPSA) is 67.3 Å². The maximum absolute atomic E-state index is 11.1. The third-order valence-corrected chi connectivity index (χ3v) is 2.67. The van der Waals surface area contributed by atoms with Crippen molar-refractivity contribution >= 4 is 34.4 Å². The molecule has 0 amide bonds. The zero-order chi connectivity index (χ0) is 9.14. The van der Waals surface area contributed by atoms with Crippen LogP contribution in [0.15, 0.2) is 6.20 Å². The molecule has 1 aromatic heterocycles. The van der Waals surface area contributed by atoms with E-state index in [0.29, 0.717) is 0 Å². The van der Waals surface area contributed by atoms with Gasteiger partial charge in [0.05, 0.1) is 6.20 Å². The van der Waals surface area contributed by atoms with Crippen molar-refractivity contribution in [1.29, 1.82) is 0 Å².